The summed E-state index contributed by atoms with van der Waals surface area (Å²) in [6.45, 7) is 2.28. The third-order valence-corrected chi connectivity index (χ3v) is 4.43. The highest BCUT2D eigenvalue weighted by molar-refractivity contribution is 5.67. The Hall–Kier alpha value is -3.47. The Morgan fingerprint density at radius 2 is 1.80 bits per heavy atom. The fraction of sp³-hybridized carbons (Fsp3) is 0.263. The van der Waals surface area contributed by atoms with Crippen molar-refractivity contribution < 1.29 is 17.9 Å². The van der Waals surface area contributed by atoms with E-state index >= 15 is 0 Å². The lowest BCUT2D eigenvalue weighted by Gasteiger charge is -2.27. The molecule has 8 nitrogen and oxygen atoms in total. The zero-order valence-electron chi connectivity index (χ0n) is 15.7. The van der Waals surface area contributed by atoms with Crippen molar-refractivity contribution in [3.05, 3.63) is 48.3 Å². The summed E-state index contributed by atoms with van der Waals surface area (Å²) in [5, 5.41) is 2.85. The van der Waals surface area contributed by atoms with Crippen molar-refractivity contribution in [2.75, 3.05) is 42.3 Å². The summed E-state index contributed by atoms with van der Waals surface area (Å²) in [5.41, 5.74) is 6.10. The van der Waals surface area contributed by atoms with Crippen LogP contribution < -0.4 is 16.0 Å². The standard InChI is InChI=1S/C19H18F3N7O/c20-19(21,22)13-3-4-24-16(9-13)27-17-10-14(12-1-2-15(23)25-11-12)26-18(28-17)29-5-7-30-8-6-29/h1-4,9-11H,5-8H2,(H2,23,25)(H,24,26,27,28). The maximum atomic E-state index is 13.0. The molecule has 3 N–H and O–H groups in total. The number of pyridine rings is 2. The van der Waals surface area contributed by atoms with Crippen LogP contribution in [0.25, 0.3) is 11.3 Å². The van der Waals surface area contributed by atoms with Crippen molar-refractivity contribution in [3.63, 3.8) is 0 Å². The van der Waals surface area contributed by atoms with E-state index in [0.717, 1.165) is 18.3 Å². The second-order valence-corrected chi connectivity index (χ2v) is 6.56. The lowest BCUT2D eigenvalue weighted by molar-refractivity contribution is -0.137. The van der Waals surface area contributed by atoms with Crippen molar-refractivity contribution in [1.29, 1.82) is 0 Å². The smallest absolute Gasteiger partial charge is 0.384 e. The fourth-order valence-electron chi connectivity index (χ4n) is 2.91. The highest BCUT2D eigenvalue weighted by atomic mass is 19.4. The van der Waals surface area contributed by atoms with Gasteiger partial charge in [-0.1, -0.05) is 0 Å². The number of nitrogen functional groups attached to an aromatic ring is 1. The maximum Gasteiger partial charge on any atom is 0.416 e. The van der Waals surface area contributed by atoms with Crippen LogP contribution in [0.1, 0.15) is 5.56 Å². The first-order chi connectivity index (χ1) is 14.4. The molecule has 0 bridgehead atoms. The summed E-state index contributed by atoms with van der Waals surface area (Å²) >= 11 is 0. The van der Waals surface area contributed by atoms with Gasteiger partial charge >= 0.3 is 6.18 Å². The summed E-state index contributed by atoms with van der Waals surface area (Å²) in [7, 11) is 0. The minimum Gasteiger partial charge on any atom is -0.384 e. The molecule has 0 atom stereocenters. The van der Waals surface area contributed by atoms with Gasteiger partial charge in [-0.3, -0.25) is 0 Å². The third kappa shape index (κ3) is 4.57. The van der Waals surface area contributed by atoms with Crippen LogP contribution in [0.4, 0.5) is 36.6 Å². The number of halogens is 3. The Kier molecular flexibility index (Phi) is 5.36. The minimum absolute atomic E-state index is 0.0258. The zero-order valence-corrected chi connectivity index (χ0v) is 15.7. The molecule has 0 unspecified atom stereocenters. The maximum absolute atomic E-state index is 13.0. The molecular weight excluding hydrogens is 399 g/mol. The molecule has 1 fully saturated rings. The van der Waals surface area contributed by atoms with Crippen molar-refractivity contribution >= 4 is 23.4 Å². The molecule has 1 aliphatic heterocycles. The van der Waals surface area contributed by atoms with E-state index < -0.39 is 11.7 Å². The molecule has 11 heteroatoms. The van der Waals surface area contributed by atoms with Crippen LogP contribution in [0.2, 0.25) is 0 Å². The van der Waals surface area contributed by atoms with E-state index in [9.17, 15) is 13.2 Å². The van der Waals surface area contributed by atoms with E-state index in [1.54, 1.807) is 24.4 Å². The van der Waals surface area contributed by atoms with Gasteiger partial charge in [0.1, 0.15) is 17.5 Å². The summed E-state index contributed by atoms with van der Waals surface area (Å²) in [6, 6.07) is 6.88. The number of nitrogens with two attached hydrogens (primary N) is 1. The second-order valence-electron chi connectivity index (χ2n) is 6.56. The van der Waals surface area contributed by atoms with E-state index in [4.69, 9.17) is 10.5 Å². The van der Waals surface area contributed by atoms with E-state index in [2.05, 4.69) is 25.3 Å². The number of nitrogens with one attached hydrogen (secondary N) is 1. The highest BCUT2D eigenvalue weighted by Crippen LogP contribution is 2.31. The molecule has 4 rings (SSSR count). The van der Waals surface area contributed by atoms with Crippen molar-refractivity contribution in [3.8, 4) is 11.3 Å². The highest BCUT2D eigenvalue weighted by Gasteiger charge is 2.30. The first kappa shape index (κ1) is 19.8. The van der Waals surface area contributed by atoms with Crippen LogP contribution in [-0.4, -0.2) is 46.2 Å². The molecule has 0 aliphatic carbocycles. The molecule has 0 aromatic carbocycles. The van der Waals surface area contributed by atoms with Gasteiger partial charge in [0.05, 0.1) is 24.5 Å². The van der Waals surface area contributed by atoms with Crippen LogP contribution in [-0.2, 0) is 10.9 Å². The average molecular weight is 417 g/mol. The van der Waals surface area contributed by atoms with E-state index in [1.807, 2.05) is 4.90 Å². The van der Waals surface area contributed by atoms with Crippen LogP contribution >= 0.6 is 0 Å². The number of hydrogen-bond donors (Lipinski definition) is 2. The molecule has 156 valence electrons. The number of anilines is 4. The normalized spacial score (nSPS) is 14.6. The zero-order chi connectivity index (χ0) is 21.1. The van der Waals surface area contributed by atoms with Crippen LogP contribution in [0.15, 0.2) is 42.7 Å². The van der Waals surface area contributed by atoms with Gasteiger partial charge in [-0.15, -0.1) is 0 Å². The second kappa shape index (κ2) is 8.11. The number of ether oxygens (including phenoxy) is 1. The first-order valence-electron chi connectivity index (χ1n) is 9.12. The van der Waals surface area contributed by atoms with Gasteiger partial charge in [0, 0.05) is 37.1 Å². The Labute approximate surface area is 170 Å². The lowest BCUT2D eigenvalue weighted by Crippen LogP contribution is -2.37. The molecule has 0 radical (unpaired) electrons. The van der Waals surface area contributed by atoms with E-state index in [1.165, 1.54) is 0 Å². The van der Waals surface area contributed by atoms with Crippen LogP contribution in [0.3, 0.4) is 0 Å². The Bertz CT molecular complexity index is 1020. The predicted molar refractivity (Wildman–Crippen MR) is 105 cm³/mol. The monoisotopic (exact) mass is 417 g/mol. The predicted octanol–water partition coefficient (Wildman–Crippen LogP) is 3.11. The molecule has 0 amide bonds. The Morgan fingerprint density at radius 1 is 1.00 bits per heavy atom. The van der Waals surface area contributed by atoms with Gasteiger partial charge in [-0.25, -0.2) is 15.0 Å². The minimum atomic E-state index is -4.47. The number of morpholine rings is 1. The van der Waals surface area contributed by atoms with Crippen LogP contribution in [0.5, 0.6) is 0 Å². The van der Waals surface area contributed by atoms with E-state index in [0.29, 0.717) is 55.1 Å². The number of alkyl halides is 3. The largest absolute Gasteiger partial charge is 0.416 e. The SMILES string of the molecule is Nc1ccc(-c2cc(Nc3cc(C(F)(F)F)ccn3)nc(N3CCOCC3)n2)cn1. The van der Waals surface area contributed by atoms with Gasteiger partial charge in [0.15, 0.2) is 0 Å². The van der Waals surface area contributed by atoms with Gasteiger partial charge in [0.2, 0.25) is 5.95 Å². The number of nitrogens with zero attached hydrogens (tertiary/aromatic N) is 5. The Morgan fingerprint density at radius 3 is 2.50 bits per heavy atom. The summed E-state index contributed by atoms with van der Waals surface area (Å²) < 4.78 is 44.4. The van der Waals surface area contributed by atoms with Crippen molar-refractivity contribution in [2.45, 2.75) is 6.18 Å². The molecule has 3 aromatic heterocycles. The molecule has 3 aromatic rings. The fourth-order valence-corrected chi connectivity index (χ4v) is 2.91. The molecule has 0 spiro atoms. The lowest BCUT2D eigenvalue weighted by atomic mass is 10.2. The van der Waals surface area contributed by atoms with Gasteiger partial charge in [0.25, 0.3) is 0 Å². The molecule has 30 heavy (non-hydrogen) atoms. The average Bonchev–Trinajstić information content (AvgIpc) is 2.74. The van der Waals surface area contributed by atoms with Crippen LogP contribution in [0, 0.1) is 0 Å². The third-order valence-electron chi connectivity index (χ3n) is 4.43. The van der Waals surface area contributed by atoms with Gasteiger partial charge < -0.3 is 20.7 Å². The van der Waals surface area contributed by atoms with Gasteiger partial charge in [-0.05, 0) is 24.3 Å². The van der Waals surface area contributed by atoms with Crippen molar-refractivity contribution in [1.82, 2.24) is 19.9 Å². The number of hydrogen-bond acceptors (Lipinski definition) is 8. The van der Waals surface area contributed by atoms with Gasteiger partial charge in [-0.2, -0.15) is 18.2 Å². The van der Waals surface area contributed by atoms with E-state index in [-0.39, 0.29) is 5.82 Å². The summed E-state index contributed by atoms with van der Waals surface area (Å²) in [4.78, 5) is 19.1. The summed E-state index contributed by atoms with van der Waals surface area (Å²) in [5.74, 6) is 1.14. The number of aromatic nitrogens is 4. The molecule has 0 saturated carbocycles. The summed E-state index contributed by atoms with van der Waals surface area (Å²) in [6.07, 6.45) is -1.79. The Balaban J connectivity index is 1.71. The van der Waals surface area contributed by atoms with Crippen molar-refractivity contribution in [2.24, 2.45) is 0 Å². The number of rotatable bonds is 4. The quantitative estimate of drug-likeness (QED) is 0.668. The molecular formula is C19H18F3N7O. The molecule has 4 heterocycles. The molecule has 1 saturated heterocycles. The first-order valence-corrected chi connectivity index (χ1v) is 9.12. The topological polar surface area (TPSA) is 102 Å². The molecule has 1 aliphatic rings.